The van der Waals surface area contributed by atoms with Crippen molar-refractivity contribution in [1.82, 2.24) is 10.3 Å². The third-order valence-corrected chi connectivity index (χ3v) is 3.33. The molecule has 98 valence electrons. The molecule has 0 saturated carbocycles. The van der Waals surface area contributed by atoms with E-state index in [-0.39, 0.29) is 5.91 Å². The molecule has 5 heteroatoms. The summed E-state index contributed by atoms with van der Waals surface area (Å²) in [6.45, 7) is 2.45. The number of nitrogen functional groups attached to an aromatic ring is 1. The molecule has 1 heterocycles. The number of nitrogens with zero attached hydrogens (tertiary/aromatic N) is 1. The first-order valence-electron chi connectivity index (χ1n) is 5.86. The van der Waals surface area contributed by atoms with Gasteiger partial charge in [-0.25, -0.2) is 4.98 Å². The smallest absolute Gasteiger partial charge is 0.244 e. The van der Waals surface area contributed by atoms with E-state index in [0.717, 1.165) is 15.4 Å². The highest BCUT2D eigenvalue weighted by atomic mass is 32.1. The topological polar surface area (TPSA) is 68.0 Å². The van der Waals surface area contributed by atoms with Gasteiger partial charge in [0.1, 0.15) is 5.01 Å². The fourth-order valence-electron chi connectivity index (χ4n) is 1.54. The minimum Gasteiger partial charge on any atom is -0.399 e. The van der Waals surface area contributed by atoms with Crippen LogP contribution in [0.3, 0.4) is 0 Å². The number of hydrogen-bond donors (Lipinski definition) is 2. The van der Waals surface area contributed by atoms with Gasteiger partial charge in [-0.1, -0.05) is 12.1 Å². The number of rotatable bonds is 4. The van der Waals surface area contributed by atoms with E-state index in [2.05, 4.69) is 10.3 Å². The first kappa shape index (κ1) is 13.3. The molecule has 0 aliphatic rings. The number of nitrogens with two attached hydrogens (primary N) is 1. The Morgan fingerprint density at radius 3 is 3.05 bits per heavy atom. The Labute approximate surface area is 116 Å². The van der Waals surface area contributed by atoms with Gasteiger partial charge in [0.15, 0.2) is 0 Å². The molecule has 1 amide bonds. The van der Waals surface area contributed by atoms with Crippen LogP contribution in [0, 0.1) is 6.92 Å². The van der Waals surface area contributed by atoms with Crippen LogP contribution in [0.4, 0.5) is 5.69 Å². The van der Waals surface area contributed by atoms with Crippen molar-refractivity contribution in [1.29, 1.82) is 0 Å². The van der Waals surface area contributed by atoms with Gasteiger partial charge in [-0.2, -0.15) is 0 Å². The van der Waals surface area contributed by atoms with Gasteiger partial charge in [-0.05, 0) is 30.7 Å². The zero-order chi connectivity index (χ0) is 13.7. The summed E-state index contributed by atoms with van der Waals surface area (Å²) in [6.07, 6.45) is 5.03. The maximum absolute atomic E-state index is 11.6. The molecule has 0 saturated heterocycles. The second-order valence-corrected chi connectivity index (χ2v) is 5.41. The van der Waals surface area contributed by atoms with Crippen molar-refractivity contribution in [2.45, 2.75) is 13.5 Å². The number of carbonyl (C=O) groups is 1. The summed E-state index contributed by atoms with van der Waals surface area (Å²) in [4.78, 5) is 16.9. The van der Waals surface area contributed by atoms with E-state index in [0.29, 0.717) is 12.2 Å². The average Bonchev–Trinajstić information content (AvgIpc) is 2.80. The second kappa shape index (κ2) is 6.15. The molecule has 0 spiro atoms. The van der Waals surface area contributed by atoms with E-state index in [1.807, 2.05) is 31.2 Å². The summed E-state index contributed by atoms with van der Waals surface area (Å²) in [5.74, 6) is -0.143. The van der Waals surface area contributed by atoms with E-state index in [1.165, 1.54) is 6.08 Å². The molecule has 2 aromatic rings. The molecule has 3 N–H and O–H groups in total. The Morgan fingerprint density at radius 1 is 1.53 bits per heavy atom. The lowest BCUT2D eigenvalue weighted by atomic mass is 10.2. The summed E-state index contributed by atoms with van der Waals surface area (Å²) in [5, 5.41) is 3.69. The van der Waals surface area contributed by atoms with Crippen molar-refractivity contribution in [2.24, 2.45) is 0 Å². The fraction of sp³-hybridized carbons (Fsp3) is 0.143. The van der Waals surface area contributed by atoms with Crippen LogP contribution in [-0.4, -0.2) is 10.9 Å². The minimum atomic E-state index is -0.143. The third kappa shape index (κ3) is 4.22. The lowest BCUT2D eigenvalue weighted by Gasteiger charge is -1.98. The predicted octanol–water partition coefficient (Wildman–Crippen LogP) is 2.36. The standard InChI is InChI=1S/C14H15N3OS/c1-10-8-17-14(19-10)9-16-13(18)6-5-11-3-2-4-12(15)7-11/h2-8H,9,15H2,1H3,(H,16,18)/b6-5+. The first-order chi connectivity index (χ1) is 9.13. The van der Waals surface area contributed by atoms with Crippen molar-refractivity contribution >= 4 is 29.0 Å². The summed E-state index contributed by atoms with van der Waals surface area (Å²) in [6, 6.07) is 7.37. The van der Waals surface area contributed by atoms with Gasteiger partial charge < -0.3 is 11.1 Å². The summed E-state index contributed by atoms with van der Waals surface area (Å²) in [7, 11) is 0. The number of nitrogens with one attached hydrogen (secondary N) is 1. The van der Waals surface area contributed by atoms with Crippen molar-refractivity contribution < 1.29 is 4.79 Å². The monoisotopic (exact) mass is 273 g/mol. The van der Waals surface area contributed by atoms with Crippen molar-refractivity contribution in [3.8, 4) is 0 Å². The van der Waals surface area contributed by atoms with Gasteiger partial charge in [0.05, 0.1) is 6.54 Å². The maximum Gasteiger partial charge on any atom is 0.244 e. The van der Waals surface area contributed by atoms with E-state index in [9.17, 15) is 4.79 Å². The van der Waals surface area contributed by atoms with Gasteiger partial charge >= 0.3 is 0 Å². The minimum absolute atomic E-state index is 0.143. The van der Waals surface area contributed by atoms with Crippen LogP contribution in [0.25, 0.3) is 6.08 Å². The molecule has 2 rings (SSSR count). The van der Waals surface area contributed by atoms with Gasteiger partial charge in [-0.15, -0.1) is 11.3 Å². The number of amides is 1. The van der Waals surface area contributed by atoms with Crippen molar-refractivity contribution in [2.75, 3.05) is 5.73 Å². The number of anilines is 1. The molecular weight excluding hydrogens is 258 g/mol. The van der Waals surface area contributed by atoms with Crippen molar-refractivity contribution in [3.05, 3.63) is 52.0 Å². The van der Waals surface area contributed by atoms with Crippen LogP contribution in [0.2, 0.25) is 0 Å². The lowest BCUT2D eigenvalue weighted by Crippen LogP contribution is -2.19. The molecule has 0 bridgehead atoms. The molecule has 0 radical (unpaired) electrons. The SMILES string of the molecule is Cc1cnc(CNC(=O)/C=C/c2cccc(N)c2)s1. The quantitative estimate of drug-likeness (QED) is 0.664. The fourth-order valence-corrected chi connectivity index (χ4v) is 2.27. The number of benzene rings is 1. The van der Waals surface area contributed by atoms with E-state index in [4.69, 9.17) is 5.73 Å². The Bertz CT molecular complexity index is 604. The van der Waals surface area contributed by atoms with Gasteiger partial charge in [-0.3, -0.25) is 4.79 Å². The lowest BCUT2D eigenvalue weighted by molar-refractivity contribution is -0.116. The molecule has 0 unspecified atom stereocenters. The van der Waals surface area contributed by atoms with E-state index in [1.54, 1.807) is 23.6 Å². The maximum atomic E-state index is 11.6. The Hall–Kier alpha value is -2.14. The molecular formula is C14H15N3OS. The van der Waals surface area contributed by atoms with Crippen LogP contribution >= 0.6 is 11.3 Å². The Kier molecular flexibility index (Phi) is 4.30. The molecule has 19 heavy (non-hydrogen) atoms. The van der Waals surface area contributed by atoms with Gasteiger partial charge in [0, 0.05) is 22.8 Å². The van der Waals surface area contributed by atoms with Crippen LogP contribution in [0.5, 0.6) is 0 Å². The summed E-state index contributed by atoms with van der Waals surface area (Å²) >= 11 is 1.58. The predicted molar refractivity (Wildman–Crippen MR) is 78.6 cm³/mol. The number of aryl methyl sites for hydroxylation is 1. The Balaban J connectivity index is 1.87. The highest BCUT2D eigenvalue weighted by Gasteiger charge is 2.00. The van der Waals surface area contributed by atoms with Crippen LogP contribution in [-0.2, 0) is 11.3 Å². The third-order valence-electron chi connectivity index (χ3n) is 2.42. The Morgan fingerprint density at radius 2 is 2.37 bits per heavy atom. The van der Waals surface area contributed by atoms with E-state index >= 15 is 0 Å². The summed E-state index contributed by atoms with van der Waals surface area (Å²) < 4.78 is 0. The summed E-state index contributed by atoms with van der Waals surface area (Å²) in [5.41, 5.74) is 7.24. The van der Waals surface area contributed by atoms with Gasteiger partial charge in [0.25, 0.3) is 0 Å². The molecule has 0 aliphatic heterocycles. The molecule has 4 nitrogen and oxygen atoms in total. The second-order valence-electron chi connectivity index (χ2n) is 4.09. The normalized spacial score (nSPS) is 10.8. The number of hydrogen-bond acceptors (Lipinski definition) is 4. The number of aromatic nitrogens is 1. The number of thiazole rings is 1. The van der Waals surface area contributed by atoms with Crippen molar-refractivity contribution in [3.63, 3.8) is 0 Å². The van der Waals surface area contributed by atoms with Crippen LogP contribution in [0.15, 0.2) is 36.5 Å². The van der Waals surface area contributed by atoms with Gasteiger partial charge in [0.2, 0.25) is 5.91 Å². The molecule has 1 aromatic carbocycles. The average molecular weight is 273 g/mol. The molecule has 0 fully saturated rings. The number of carbonyl (C=O) groups excluding carboxylic acids is 1. The molecule has 0 aliphatic carbocycles. The first-order valence-corrected chi connectivity index (χ1v) is 6.68. The van der Waals surface area contributed by atoms with Crippen LogP contribution in [0.1, 0.15) is 15.4 Å². The largest absolute Gasteiger partial charge is 0.399 e. The zero-order valence-electron chi connectivity index (χ0n) is 10.6. The van der Waals surface area contributed by atoms with Crippen LogP contribution < -0.4 is 11.1 Å². The molecule has 1 aromatic heterocycles. The zero-order valence-corrected chi connectivity index (χ0v) is 11.4. The highest BCUT2D eigenvalue weighted by Crippen LogP contribution is 2.10. The highest BCUT2D eigenvalue weighted by molar-refractivity contribution is 7.11. The molecule has 0 atom stereocenters. The van der Waals surface area contributed by atoms with E-state index < -0.39 is 0 Å².